The molecular formula is C16H26N2O. The van der Waals surface area contributed by atoms with Crippen molar-refractivity contribution in [3.63, 3.8) is 0 Å². The number of benzene rings is 1. The first-order valence-electron chi connectivity index (χ1n) is 6.99. The Morgan fingerprint density at radius 2 is 2.05 bits per heavy atom. The number of carbonyl (C=O) groups is 1. The molecule has 0 saturated heterocycles. The van der Waals surface area contributed by atoms with Gasteiger partial charge in [0.15, 0.2) is 0 Å². The van der Waals surface area contributed by atoms with Gasteiger partial charge in [0.25, 0.3) is 0 Å². The quantitative estimate of drug-likeness (QED) is 0.765. The van der Waals surface area contributed by atoms with Crippen molar-refractivity contribution in [2.75, 3.05) is 27.2 Å². The Balaban J connectivity index is 2.42. The number of carbonyl (C=O) groups excluding carboxylic acids is 1. The van der Waals surface area contributed by atoms with Crippen LogP contribution < -0.4 is 5.32 Å². The van der Waals surface area contributed by atoms with E-state index in [1.807, 2.05) is 19.0 Å². The molecule has 0 heterocycles. The predicted molar refractivity (Wildman–Crippen MR) is 80.4 cm³/mol. The average Bonchev–Trinajstić information content (AvgIpc) is 2.39. The summed E-state index contributed by atoms with van der Waals surface area (Å²) in [5.74, 6) is 0.237. The minimum Gasteiger partial charge on any atom is -0.345 e. The molecule has 106 valence electrons. The lowest BCUT2D eigenvalue weighted by molar-refractivity contribution is -0.129. The topological polar surface area (TPSA) is 32.3 Å². The fraction of sp³-hybridized carbons (Fsp3) is 0.562. The summed E-state index contributed by atoms with van der Waals surface area (Å²) in [5.41, 5.74) is 3.93. The summed E-state index contributed by atoms with van der Waals surface area (Å²) >= 11 is 0. The number of amides is 1. The van der Waals surface area contributed by atoms with Crippen LogP contribution in [-0.2, 0) is 11.2 Å². The largest absolute Gasteiger partial charge is 0.345 e. The lowest BCUT2D eigenvalue weighted by Gasteiger charge is -2.18. The highest BCUT2D eigenvalue weighted by Gasteiger charge is 2.08. The summed E-state index contributed by atoms with van der Waals surface area (Å²) < 4.78 is 0. The van der Waals surface area contributed by atoms with Crippen LogP contribution in [0.1, 0.15) is 29.5 Å². The Morgan fingerprint density at radius 3 is 2.74 bits per heavy atom. The molecule has 1 rings (SSSR count). The lowest BCUT2D eigenvalue weighted by atomic mass is 10.0. The molecule has 0 aliphatic rings. The number of aryl methyl sites for hydroxylation is 2. The van der Waals surface area contributed by atoms with Gasteiger partial charge in [0.1, 0.15) is 0 Å². The van der Waals surface area contributed by atoms with E-state index in [2.05, 4.69) is 37.4 Å². The first-order valence-corrected chi connectivity index (χ1v) is 6.99. The molecule has 0 aliphatic heterocycles. The predicted octanol–water partition coefficient (Wildman–Crippen LogP) is 2.30. The fourth-order valence-electron chi connectivity index (χ4n) is 2.09. The van der Waals surface area contributed by atoms with E-state index in [-0.39, 0.29) is 5.91 Å². The Labute approximate surface area is 117 Å². The zero-order valence-corrected chi connectivity index (χ0v) is 12.6. The molecule has 0 aromatic heterocycles. The molecule has 0 radical (unpaired) electrons. The first kappa shape index (κ1) is 15.7. The molecule has 1 amide bonds. The molecule has 3 heteroatoms. The average molecular weight is 262 g/mol. The zero-order valence-electron chi connectivity index (χ0n) is 12.6. The molecule has 1 aromatic rings. The van der Waals surface area contributed by atoms with Crippen LogP contribution >= 0.6 is 0 Å². The summed E-state index contributed by atoms with van der Waals surface area (Å²) in [6.07, 6.45) is 2.47. The second kappa shape index (κ2) is 7.95. The minimum atomic E-state index is 0.237. The van der Waals surface area contributed by atoms with E-state index in [0.717, 1.165) is 25.9 Å². The van der Waals surface area contributed by atoms with Gasteiger partial charge in [-0.1, -0.05) is 23.8 Å². The maximum absolute atomic E-state index is 11.9. The Bertz CT molecular complexity index is 415. The van der Waals surface area contributed by atoms with E-state index in [0.29, 0.717) is 6.42 Å². The van der Waals surface area contributed by atoms with E-state index < -0.39 is 0 Å². The number of nitrogens with zero attached hydrogens (tertiary/aromatic N) is 1. The Kier molecular flexibility index (Phi) is 6.57. The number of rotatable bonds is 7. The maximum Gasteiger partial charge on any atom is 0.222 e. The summed E-state index contributed by atoms with van der Waals surface area (Å²) in [5, 5.41) is 3.06. The molecule has 3 nitrogen and oxygen atoms in total. The van der Waals surface area contributed by atoms with Gasteiger partial charge in [0.05, 0.1) is 0 Å². The summed E-state index contributed by atoms with van der Waals surface area (Å²) in [6, 6.07) is 6.50. The van der Waals surface area contributed by atoms with Crippen LogP contribution in [0.25, 0.3) is 0 Å². The Morgan fingerprint density at radius 1 is 1.32 bits per heavy atom. The van der Waals surface area contributed by atoms with Crippen molar-refractivity contribution in [1.82, 2.24) is 10.2 Å². The molecular weight excluding hydrogens is 236 g/mol. The van der Waals surface area contributed by atoms with Gasteiger partial charge in [-0.05, 0) is 51.4 Å². The molecule has 1 aromatic carbocycles. The van der Waals surface area contributed by atoms with Crippen molar-refractivity contribution >= 4 is 5.91 Å². The molecule has 0 fully saturated rings. The maximum atomic E-state index is 11.9. The highest BCUT2D eigenvalue weighted by atomic mass is 16.2. The van der Waals surface area contributed by atoms with Crippen molar-refractivity contribution in [2.45, 2.75) is 33.1 Å². The van der Waals surface area contributed by atoms with Gasteiger partial charge in [-0.25, -0.2) is 0 Å². The summed E-state index contributed by atoms with van der Waals surface area (Å²) in [6.45, 7) is 5.93. The standard InChI is InChI=1S/C16H26N2O/c1-13-7-8-14(2)15(12-13)9-11-18(4)16(19)6-5-10-17-3/h7-8,12,17H,5-6,9-11H2,1-4H3. The van der Waals surface area contributed by atoms with E-state index in [1.165, 1.54) is 16.7 Å². The normalized spacial score (nSPS) is 10.5. The Hall–Kier alpha value is -1.35. The summed E-state index contributed by atoms with van der Waals surface area (Å²) in [7, 11) is 3.81. The highest BCUT2D eigenvalue weighted by Crippen LogP contribution is 2.11. The fourth-order valence-corrected chi connectivity index (χ4v) is 2.09. The highest BCUT2D eigenvalue weighted by molar-refractivity contribution is 5.75. The van der Waals surface area contributed by atoms with Gasteiger partial charge in [-0.15, -0.1) is 0 Å². The van der Waals surface area contributed by atoms with E-state index >= 15 is 0 Å². The SMILES string of the molecule is CNCCCC(=O)N(C)CCc1cc(C)ccc1C. The van der Waals surface area contributed by atoms with Crippen LogP contribution in [0.3, 0.4) is 0 Å². The van der Waals surface area contributed by atoms with Crippen LogP contribution in [0.15, 0.2) is 18.2 Å². The molecule has 0 aliphatic carbocycles. The molecule has 1 N–H and O–H groups in total. The van der Waals surface area contributed by atoms with Crippen molar-refractivity contribution in [3.8, 4) is 0 Å². The van der Waals surface area contributed by atoms with Gasteiger partial charge in [-0.3, -0.25) is 4.79 Å². The van der Waals surface area contributed by atoms with Gasteiger partial charge in [-0.2, -0.15) is 0 Å². The number of nitrogens with one attached hydrogen (secondary N) is 1. The second-order valence-electron chi connectivity index (χ2n) is 5.20. The number of hydrogen-bond acceptors (Lipinski definition) is 2. The van der Waals surface area contributed by atoms with E-state index in [4.69, 9.17) is 0 Å². The van der Waals surface area contributed by atoms with Gasteiger partial charge in [0.2, 0.25) is 5.91 Å². The van der Waals surface area contributed by atoms with Crippen LogP contribution in [0.5, 0.6) is 0 Å². The third kappa shape index (κ3) is 5.43. The van der Waals surface area contributed by atoms with Crippen LogP contribution in [0, 0.1) is 13.8 Å². The van der Waals surface area contributed by atoms with Crippen LogP contribution in [-0.4, -0.2) is 38.0 Å². The van der Waals surface area contributed by atoms with Crippen molar-refractivity contribution in [3.05, 3.63) is 34.9 Å². The number of likely N-dealkylation sites (N-methyl/N-ethyl adjacent to an activating group) is 1. The molecule has 19 heavy (non-hydrogen) atoms. The minimum absolute atomic E-state index is 0.237. The van der Waals surface area contributed by atoms with Crippen molar-refractivity contribution < 1.29 is 4.79 Å². The summed E-state index contributed by atoms with van der Waals surface area (Å²) in [4.78, 5) is 13.7. The third-order valence-electron chi connectivity index (χ3n) is 3.46. The second-order valence-corrected chi connectivity index (χ2v) is 5.20. The monoisotopic (exact) mass is 262 g/mol. The van der Waals surface area contributed by atoms with Crippen molar-refractivity contribution in [1.29, 1.82) is 0 Å². The van der Waals surface area contributed by atoms with E-state index in [1.54, 1.807) is 0 Å². The van der Waals surface area contributed by atoms with Crippen LogP contribution in [0.2, 0.25) is 0 Å². The molecule has 0 saturated carbocycles. The molecule has 0 atom stereocenters. The third-order valence-corrected chi connectivity index (χ3v) is 3.46. The van der Waals surface area contributed by atoms with E-state index in [9.17, 15) is 4.79 Å². The van der Waals surface area contributed by atoms with Crippen molar-refractivity contribution in [2.24, 2.45) is 0 Å². The first-order chi connectivity index (χ1) is 9.04. The number of hydrogen-bond donors (Lipinski definition) is 1. The molecule has 0 unspecified atom stereocenters. The van der Waals surface area contributed by atoms with Gasteiger partial charge < -0.3 is 10.2 Å². The van der Waals surface area contributed by atoms with Gasteiger partial charge in [0, 0.05) is 20.0 Å². The van der Waals surface area contributed by atoms with Gasteiger partial charge >= 0.3 is 0 Å². The smallest absolute Gasteiger partial charge is 0.222 e. The zero-order chi connectivity index (χ0) is 14.3. The lowest BCUT2D eigenvalue weighted by Crippen LogP contribution is -2.29. The molecule has 0 spiro atoms. The molecule has 0 bridgehead atoms. The van der Waals surface area contributed by atoms with Crippen LogP contribution in [0.4, 0.5) is 0 Å².